The van der Waals surface area contributed by atoms with Crippen molar-refractivity contribution in [3.63, 3.8) is 0 Å². The highest BCUT2D eigenvalue weighted by molar-refractivity contribution is 5.59. The van der Waals surface area contributed by atoms with Crippen LogP contribution < -0.4 is 10.9 Å². The zero-order valence-electron chi connectivity index (χ0n) is 14.4. The van der Waals surface area contributed by atoms with E-state index in [0.29, 0.717) is 25.2 Å². The van der Waals surface area contributed by atoms with Crippen molar-refractivity contribution in [1.29, 1.82) is 0 Å². The number of fused-ring (bicyclic) bond motifs is 1. The number of rotatable bonds is 5. The van der Waals surface area contributed by atoms with E-state index in [0.717, 1.165) is 11.1 Å². The zero-order valence-corrected chi connectivity index (χ0v) is 14.4. The van der Waals surface area contributed by atoms with Gasteiger partial charge in [-0.05, 0) is 44.9 Å². The summed E-state index contributed by atoms with van der Waals surface area (Å²) in [6.45, 7) is 9.32. The van der Waals surface area contributed by atoms with E-state index in [1.165, 1.54) is 18.4 Å². The third-order valence-corrected chi connectivity index (χ3v) is 5.11. The third kappa shape index (κ3) is 3.19. The fourth-order valence-electron chi connectivity index (χ4n) is 3.32. The standard InChI is InChI=1S/C19H27N3O/c1-5-10-22-12-18(14(3)21(4)15-7-8-15)16-9-6-13(2)20-11-17(16)19(22)23/h5-6,9,12-15,20H,1,7-8,10-11H2,2-4H3. The van der Waals surface area contributed by atoms with Gasteiger partial charge in [0.25, 0.3) is 5.56 Å². The molecule has 2 unspecified atom stereocenters. The van der Waals surface area contributed by atoms with E-state index in [9.17, 15) is 4.79 Å². The molecule has 0 aromatic carbocycles. The Labute approximate surface area is 138 Å². The Hall–Kier alpha value is -1.65. The lowest BCUT2D eigenvalue weighted by Crippen LogP contribution is -2.32. The van der Waals surface area contributed by atoms with E-state index in [-0.39, 0.29) is 11.6 Å². The molecule has 4 heteroatoms. The summed E-state index contributed by atoms with van der Waals surface area (Å²) in [6.07, 6.45) is 10.7. The first kappa shape index (κ1) is 16.2. The number of aromatic nitrogens is 1. The molecule has 2 atom stereocenters. The van der Waals surface area contributed by atoms with Gasteiger partial charge in [0.1, 0.15) is 0 Å². The molecule has 23 heavy (non-hydrogen) atoms. The van der Waals surface area contributed by atoms with Crippen molar-refractivity contribution in [3.8, 4) is 0 Å². The molecular weight excluding hydrogens is 286 g/mol. The summed E-state index contributed by atoms with van der Waals surface area (Å²) < 4.78 is 1.80. The minimum absolute atomic E-state index is 0.0937. The molecule has 0 saturated heterocycles. The Morgan fingerprint density at radius 2 is 2.26 bits per heavy atom. The smallest absolute Gasteiger partial charge is 0.255 e. The van der Waals surface area contributed by atoms with Gasteiger partial charge >= 0.3 is 0 Å². The van der Waals surface area contributed by atoms with Crippen LogP contribution in [0.25, 0.3) is 6.08 Å². The van der Waals surface area contributed by atoms with Gasteiger partial charge in [0.2, 0.25) is 0 Å². The normalized spacial score (nSPS) is 21.8. The fourth-order valence-corrected chi connectivity index (χ4v) is 3.32. The number of allylic oxidation sites excluding steroid dienone is 1. The van der Waals surface area contributed by atoms with Crippen LogP contribution in [0.4, 0.5) is 0 Å². The molecule has 2 aliphatic rings. The molecular formula is C19H27N3O. The number of pyridine rings is 1. The molecule has 0 amide bonds. The molecule has 1 aromatic rings. The van der Waals surface area contributed by atoms with Crippen LogP contribution in [0.5, 0.6) is 0 Å². The minimum Gasteiger partial charge on any atom is -0.311 e. The van der Waals surface area contributed by atoms with Crippen LogP contribution in [0.2, 0.25) is 0 Å². The molecule has 1 saturated carbocycles. The Bertz CT molecular complexity index is 685. The highest BCUT2D eigenvalue weighted by Crippen LogP contribution is 2.34. The van der Waals surface area contributed by atoms with Crippen molar-refractivity contribution in [3.05, 3.63) is 52.0 Å². The van der Waals surface area contributed by atoms with Crippen LogP contribution in [0.3, 0.4) is 0 Å². The summed E-state index contributed by atoms with van der Waals surface area (Å²) in [7, 11) is 2.19. The van der Waals surface area contributed by atoms with Gasteiger partial charge in [-0.25, -0.2) is 0 Å². The van der Waals surface area contributed by atoms with Gasteiger partial charge in [0.15, 0.2) is 0 Å². The maximum absolute atomic E-state index is 12.8. The number of nitrogens with zero attached hydrogens (tertiary/aromatic N) is 2. The summed E-state index contributed by atoms with van der Waals surface area (Å²) in [5.41, 5.74) is 3.31. The number of hydrogen-bond acceptors (Lipinski definition) is 3. The van der Waals surface area contributed by atoms with Crippen LogP contribution in [0.1, 0.15) is 49.4 Å². The predicted molar refractivity (Wildman–Crippen MR) is 95.4 cm³/mol. The molecule has 1 fully saturated rings. The fraction of sp³-hybridized carbons (Fsp3) is 0.526. The van der Waals surface area contributed by atoms with Crippen molar-refractivity contribution in [2.75, 3.05) is 7.05 Å². The van der Waals surface area contributed by atoms with Crippen molar-refractivity contribution in [1.82, 2.24) is 14.8 Å². The Morgan fingerprint density at radius 3 is 2.91 bits per heavy atom. The number of nitrogens with one attached hydrogen (secondary N) is 1. The van der Waals surface area contributed by atoms with E-state index in [1.54, 1.807) is 10.6 Å². The largest absolute Gasteiger partial charge is 0.311 e. The highest BCUT2D eigenvalue weighted by atomic mass is 16.1. The topological polar surface area (TPSA) is 37.3 Å². The average molecular weight is 313 g/mol. The lowest BCUT2D eigenvalue weighted by Gasteiger charge is -2.27. The molecule has 1 aliphatic carbocycles. The lowest BCUT2D eigenvalue weighted by molar-refractivity contribution is 0.250. The maximum Gasteiger partial charge on any atom is 0.255 e. The van der Waals surface area contributed by atoms with Crippen LogP contribution >= 0.6 is 0 Å². The second-order valence-corrected chi connectivity index (χ2v) is 6.82. The van der Waals surface area contributed by atoms with Gasteiger partial charge in [0.05, 0.1) is 0 Å². The summed E-state index contributed by atoms with van der Waals surface area (Å²) in [5.74, 6) is 0. The van der Waals surface area contributed by atoms with Gasteiger partial charge in [-0.1, -0.05) is 18.2 Å². The zero-order chi connectivity index (χ0) is 16.6. The monoisotopic (exact) mass is 313 g/mol. The maximum atomic E-state index is 12.8. The second kappa shape index (κ2) is 6.46. The summed E-state index contributed by atoms with van der Waals surface area (Å²) >= 11 is 0. The average Bonchev–Trinajstić information content (AvgIpc) is 3.37. The van der Waals surface area contributed by atoms with Crippen molar-refractivity contribution >= 4 is 6.08 Å². The first-order valence-corrected chi connectivity index (χ1v) is 8.53. The van der Waals surface area contributed by atoms with Crippen LogP contribution in [-0.4, -0.2) is 28.6 Å². The lowest BCUT2D eigenvalue weighted by atomic mass is 9.97. The Kier molecular flexibility index (Phi) is 4.55. The van der Waals surface area contributed by atoms with Crippen LogP contribution in [0.15, 0.2) is 29.7 Å². The van der Waals surface area contributed by atoms with Gasteiger partial charge in [-0.15, -0.1) is 6.58 Å². The van der Waals surface area contributed by atoms with Crippen LogP contribution in [0, 0.1) is 0 Å². The quantitative estimate of drug-likeness (QED) is 0.849. The number of hydrogen-bond donors (Lipinski definition) is 1. The van der Waals surface area contributed by atoms with Gasteiger partial charge in [-0.2, -0.15) is 0 Å². The summed E-state index contributed by atoms with van der Waals surface area (Å²) in [5, 5.41) is 3.40. The second-order valence-electron chi connectivity index (χ2n) is 6.82. The SMILES string of the molecule is C=CCn1cc(C(C)N(C)C2CC2)c2c(c1=O)CNC(C)C=C2. The molecule has 4 nitrogen and oxygen atoms in total. The van der Waals surface area contributed by atoms with Gasteiger partial charge in [0, 0.05) is 43.0 Å². The summed E-state index contributed by atoms with van der Waals surface area (Å²) in [6, 6.07) is 1.26. The first-order chi connectivity index (χ1) is 11.0. The van der Waals surface area contributed by atoms with Gasteiger partial charge in [-0.3, -0.25) is 9.69 Å². The third-order valence-electron chi connectivity index (χ3n) is 5.11. The molecule has 1 aliphatic heterocycles. The molecule has 2 heterocycles. The predicted octanol–water partition coefficient (Wildman–Crippen LogP) is 2.69. The molecule has 124 valence electrons. The van der Waals surface area contributed by atoms with Crippen molar-refractivity contribution in [2.24, 2.45) is 0 Å². The molecule has 1 N–H and O–H groups in total. The van der Waals surface area contributed by atoms with Crippen molar-refractivity contribution < 1.29 is 0 Å². The Balaban J connectivity index is 2.12. The molecule has 1 aromatic heterocycles. The molecule has 3 rings (SSSR count). The van der Waals surface area contributed by atoms with E-state index >= 15 is 0 Å². The van der Waals surface area contributed by atoms with Gasteiger partial charge < -0.3 is 9.88 Å². The summed E-state index contributed by atoms with van der Waals surface area (Å²) in [4.78, 5) is 15.2. The van der Waals surface area contributed by atoms with E-state index in [2.05, 4.69) is 49.8 Å². The first-order valence-electron chi connectivity index (χ1n) is 8.53. The van der Waals surface area contributed by atoms with E-state index in [4.69, 9.17) is 0 Å². The highest BCUT2D eigenvalue weighted by Gasteiger charge is 2.31. The molecule has 0 radical (unpaired) electrons. The van der Waals surface area contributed by atoms with Crippen molar-refractivity contribution in [2.45, 2.75) is 57.9 Å². The minimum atomic E-state index is 0.0937. The molecule has 0 spiro atoms. The molecule has 0 bridgehead atoms. The van der Waals surface area contributed by atoms with E-state index in [1.807, 2.05) is 6.20 Å². The van der Waals surface area contributed by atoms with Crippen LogP contribution in [-0.2, 0) is 13.1 Å². The Morgan fingerprint density at radius 1 is 1.52 bits per heavy atom. The van der Waals surface area contributed by atoms with E-state index < -0.39 is 0 Å².